The Hall–Kier alpha value is -1.79. The minimum Gasteiger partial charge on any atom is -0.314 e. The van der Waals surface area contributed by atoms with Crippen molar-refractivity contribution in [1.82, 2.24) is 14.0 Å². The highest BCUT2D eigenvalue weighted by Crippen LogP contribution is 2.27. The summed E-state index contributed by atoms with van der Waals surface area (Å²) in [5, 5.41) is 0. The van der Waals surface area contributed by atoms with Gasteiger partial charge in [-0.3, -0.25) is 9.20 Å². The van der Waals surface area contributed by atoms with E-state index in [1.165, 1.54) is 23.7 Å². The topological polar surface area (TPSA) is 39.3 Å². The quantitative estimate of drug-likeness (QED) is 0.715. The number of aromatic nitrogens is 3. The van der Waals surface area contributed by atoms with E-state index in [0.717, 1.165) is 25.0 Å². The molecule has 0 saturated carbocycles. The predicted molar refractivity (Wildman–Crippen MR) is 82.6 cm³/mol. The largest absolute Gasteiger partial charge is 0.433 e. The van der Waals surface area contributed by atoms with E-state index in [9.17, 15) is 18.0 Å². The molecular weight excluding hydrogens is 307 g/mol. The molecule has 23 heavy (non-hydrogen) atoms. The zero-order valence-corrected chi connectivity index (χ0v) is 13.5. The first-order valence-corrected chi connectivity index (χ1v) is 8.01. The Bertz CT molecular complexity index is 716. The Labute approximate surface area is 133 Å². The van der Waals surface area contributed by atoms with E-state index in [1.54, 1.807) is 17.7 Å². The number of fused-ring (bicyclic) bond motifs is 1. The summed E-state index contributed by atoms with van der Waals surface area (Å²) in [7, 11) is 0. The van der Waals surface area contributed by atoms with Gasteiger partial charge in [-0.05, 0) is 13.3 Å². The summed E-state index contributed by atoms with van der Waals surface area (Å²) < 4.78 is 41.4. The zero-order valence-electron chi connectivity index (χ0n) is 13.5. The van der Waals surface area contributed by atoms with Crippen LogP contribution in [-0.2, 0) is 12.7 Å². The van der Waals surface area contributed by atoms with Crippen LogP contribution < -0.4 is 5.56 Å². The molecule has 2 aromatic heterocycles. The van der Waals surface area contributed by atoms with Gasteiger partial charge in [0.15, 0.2) is 5.69 Å². The molecule has 0 spiro atoms. The monoisotopic (exact) mass is 329 g/mol. The van der Waals surface area contributed by atoms with Crippen LogP contribution in [0.2, 0.25) is 0 Å². The molecule has 0 unspecified atom stereocenters. The summed E-state index contributed by atoms with van der Waals surface area (Å²) in [6.07, 6.45) is 3.49. The summed E-state index contributed by atoms with van der Waals surface area (Å²) in [5.41, 5.74) is -1.10. The maximum Gasteiger partial charge on any atom is 0.433 e. The molecule has 0 aliphatic heterocycles. The van der Waals surface area contributed by atoms with Crippen LogP contribution in [0.4, 0.5) is 13.2 Å². The molecular formula is C16H22F3N3O. The minimum atomic E-state index is -4.61. The number of alkyl halides is 3. The second kappa shape index (κ2) is 7.19. The fourth-order valence-corrected chi connectivity index (χ4v) is 2.68. The number of unbranched alkanes of at least 4 members (excludes halogenated alkanes) is 5. The van der Waals surface area contributed by atoms with Crippen molar-refractivity contribution in [2.75, 3.05) is 0 Å². The lowest BCUT2D eigenvalue weighted by atomic mass is 10.1. The van der Waals surface area contributed by atoms with E-state index in [2.05, 4.69) is 11.9 Å². The highest BCUT2D eigenvalue weighted by Gasteiger charge is 2.34. The maximum atomic E-state index is 12.8. The van der Waals surface area contributed by atoms with E-state index in [1.807, 2.05) is 0 Å². The van der Waals surface area contributed by atoms with Crippen molar-refractivity contribution in [2.24, 2.45) is 0 Å². The van der Waals surface area contributed by atoms with E-state index < -0.39 is 17.4 Å². The van der Waals surface area contributed by atoms with Crippen LogP contribution in [-0.4, -0.2) is 14.0 Å². The van der Waals surface area contributed by atoms with Gasteiger partial charge in [0.1, 0.15) is 0 Å². The van der Waals surface area contributed by atoms with Gasteiger partial charge in [0.25, 0.3) is 5.56 Å². The molecule has 2 rings (SSSR count). The van der Waals surface area contributed by atoms with Gasteiger partial charge in [0, 0.05) is 24.5 Å². The lowest BCUT2D eigenvalue weighted by Crippen LogP contribution is -2.20. The number of nitrogens with zero attached hydrogens (tertiary/aromatic N) is 3. The van der Waals surface area contributed by atoms with Crippen LogP contribution >= 0.6 is 0 Å². The van der Waals surface area contributed by atoms with Crippen LogP contribution in [0.25, 0.3) is 5.78 Å². The second-order valence-electron chi connectivity index (χ2n) is 5.84. The van der Waals surface area contributed by atoms with E-state index in [-0.39, 0.29) is 5.78 Å². The molecule has 0 aliphatic carbocycles. The Morgan fingerprint density at radius 1 is 1.13 bits per heavy atom. The van der Waals surface area contributed by atoms with E-state index >= 15 is 0 Å². The first kappa shape index (κ1) is 17.6. The van der Waals surface area contributed by atoms with Gasteiger partial charge in [-0.25, -0.2) is 4.98 Å². The molecule has 4 nitrogen and oxygen atoms in total. The number of hydrogen-bond acceptors (Lipinski definition) is 2. The maximum absolute atomic E-state index is 12.8. The number of halogens is 3. The molecule has 0 bridgehead atoms. The molecule has 0 amide bonds. The van der Waals surface area contributed by atoms with Gasteiger partial charge in [0.05, 0.1) is 0 Å². The first-order valence-electron chi connectivity index (χ1n) is 8.01. The highest BCUT2D eigenvalue weighted by atomic mass is 19.4. The Morgan fingerprint density at radius 3 is 2.43 bits per heavy atom. The van der Waals surface area contributed by atoms with Crippen molar-refractivity contribution in [2.45, 2.75) is 65.1 Å². The number of rotatable bonds is 7. The standard InChI is InChI=1S/C16H22F3N3O/c1-3-4-5-6-7-8-9-21-12(2)11-22-14(23)10-13(16(17,18)19)20-15(21)22/h10-11H,3-9H2,1-2H3. The smallest absolute Gasteiger partial charge is 0.314 e. The van der Waals surface area contributed by atoms with Crippen molar-refractivity contribution in [3.63, 3.8) is 0 Å². The number of aryl methyl sites for hydroxylation is 2. The lowest BCUT2D eigenvalue weighted by molar-refractivity contribution is -0.141. The molecule has 0 N–H and O–H groups in total. The average molecular weight is 329 g/mol. The van der Waals surface area contributed by atoms with Gasteiger partial charge in [0.2, 0.25) is 5.78 Å². The molecule has 2 aromatic rings. The fourth-order valence-electron chi connectivity index (χ4n) is 2.68. The summed E-state index contributed by atoms with van der Waals surface area (Å²) in [4.78, 5) is 15.5. The lowest BCUT2D eigenvalue weighted by Gasteiger charge is -2.09. The second-order valence-corrected chi connectivity index (χ2v) is 5.84. The molecule has 128 valence electrons. The van der Waals surface area contributed by atoms with E-state index in [0.29, 0.717) is 12.6 Å². The Kier molecular flexibility index (Phi) is 5.49. The molecule has 0 atom stereocenters. The van der Waals surface area contributed by atoms with Crippen molar-refractivity contribution < 1.29 is 13.2 Å². The summed E-state index contributed by atoms with van der Waals surface area (Å²) in [6, 6.07) is 0.543. The van der Waals surface area contributed by atoms with Crippen LogP contribution in [0.3, 0.4) is 0 Å². The van der Waals surface area contributed by atoms with Crippen molar-refractivity contribution >= 4 is 5.78 Å². The SMILES string of the molecule is CCCCCCCCn1c(C)cn2c(=O)cc(C(F)(F)F)nc12. The first-order chi connectivity index (χ1) is 10.8. The zero-order chi connectivity index (χ0) is 17.0. The van der Waals surface area contributed by atoms with Crippen LogP contribution in [0, 0.1) is 6.92 Å². The van der Waals surface area contributed by atoms with Gasteiger partial charge in [-0.2, -0.15) is 13.2 Å². The Morgan fingerprint density at radius 2 is 1.78 bits per heavy atom. The van der Waals surface area contributed by atoms with E-state index in [4.69, 9.17) is 0 Å². The normalized spacial score (nSPS) is 12.2. The van der Waals surface area contributed by atoms with Gasteiger partial charge < -0.3 is 4.57 Å². The van der Waals surface area contributed by atoms with Crippen molar-refractivity contribution in [3.8, 4) is 0 Å². The summed E-state index contributed by atoms with van der Waals surface area (Å²) in [5.74, 6) is 0.0656. The highest BCUT2D eigenvalue weighted by molar-refractivity contribution is 5.35. The predicted octanol–water partition coefficient (Wildman–Crippen LogP) is 4.18. The van der Waals surface area contributed by atoms with Gasteiger partial charge in [-0.15, -0.1) is 0 Å². The molecule has 2 heterocycles. The van der Waals surface area contributed by atoms with Crippen molar-refractivity contribution in [1.29, 1.82) is 0 Å². The molecule has 0 saturated heterocycles. The molecule has 0 radical (unpaired) electrons. The number of hydrogen-bond donors (Lipinski definition) is 0. The molecule has 0 aromatic carbocycles. The van der Waals surface area contributed by atoms with Gasteiger partial charge in [-0.1, -0.05) is 39.0 Å². The molecule has 0 fully saturated rings. The van der Waals surface area contributed by atoms with Crippen LogP contribution in [0.15, 0.2) is 17.1 Å². The fraction of sp³-hybridized carbons (Fsp3) is 0.625. The van der Waals surface area contributed by atoms with Crippen LogP contribution in [0.5, 0.6) is 0 Å². The van der Waals surface area contributed by atoms with Crippen LogP contribution in [0.1, 0.15) is 56.8 Å². The molecule has 7 heteroatoms. The van der Waals surface area contributed by atoms with Gasteiger partial charge >= 0.3 is 6.18 Å². The summed E-state index contributed by atoms with van der Waals surface area (Å²) >= 11 is 0. The summed E-state index contributed by atoms with van der Waals surface area (Å²) in [6.45, 7) is 4.50. The minimum absolute atomic E-state index is 0.0656. The average Bonchev–Trinajstić information content (AvgIpc) is 2.79. The third kappa shape index (κ3) is 4.14. The third-order valence-corrected chi connectivity index (χ3v) is 3.94. The van der Waals surface area contributed by atoms with Crippen molar-refractivity contribution in [3.05, 3.63) is 34.0 Å². The third-order valence-electron chi connectivity index (χ3n) is 3.94. The Balaban J connectivity index is 2.20. The number of imidazole rings is 1. The molecule has 0 aliphatic rings.